The van der Waals surface area contributed by atoms with E-state index in [4.69, 9.17) is 0 Å². The van der Waals surface area contributed by atoms with Crippen LogP contribution in [0.4, 0.5) is 45.5 Å². The third-order valence-electron chi connectivity index (χ3n) is 18.5. The molecular weight excluding hydrogens is 918 g/mol. The molecule has 1 fully saturated rings. The fourth-order valence-electron chi connectivity index (χ4n) is 13.7. The fraction of sp³-hybridized carbons (Fsp3) is 0.333. The van der Waals surface area contributed by atoms with Gasteiger partial charge in [0.15, 0.2) is 0 Å². The number of rotatable bonds is 5. The van der Waals surface area contributed by atoms with Gasteiger partial charge in [-0.2, -0.15) is 0 Å². The molecule has 1 aliphatic carbocycles. The highest BCUT2D eigenvalue weighted by atomic mass is 15.3. The average Bonchev–Trinajstić information content (AvgIpc) is 3.75. The van der Waals surface area contributed by atoms with Crippen LogP contribution in [0.25, 0.3) is 22.3 Å². The van der Waals surface area contributed by atoms with Gasteiger partial charge in [-0.1, -0.05) is 206 Å². The van der Waals surface area contributed by atoms with Crippen LogP contribution in [-0.2, 0) is 27.1 Å². The van der Waals surface area contributed by atoms with E-state index in [1.165, 1.54) is 131 Å². The zero-order chi connectivity index (χ0) is 53.5. The molecule has 8 aromatic carbocycles. The van der Waals surface area contributed by atoms with Gasteiger partial charge in [-0.3, -0.25) is 0 Å². The Morgan fingerprint density at radius 2 is 0.921 bits per heavy atom. The summed E-state index contributed by atoms with van der Waals surface area (Å²) in [4.78, 5) is 8.05. The Kier molecular flexibility index (Phi) is 11.4. The first-order valence-corrected chi connectivity index (χ1v) is 28.3. The number of para-hydroxylation sites is 1. The third-order valence-corrected chi connectivity index (χ3v) is 18.5. The van der Waals surface area contributed by atoms with E-state index in [1.807, 2.05) is 0 Å². The van der Waals surface area contributed by atoms with Crippen LogP contribution in [0.5, 0.6) is 0 Å². The molecular formula is C72H78BN3. The van der Waals surface area contributed by atoms with Crippen LogP contribution in [0.2, 0.25) is 0 Å². The summed E-state index contributed by atoms with van der Waals surface area (Å²) in [5, 5.41) is 0. The quantitative estimate of drug-likeness (QED) is 0.159. The van der Waals surface area contributed by atoms with Crippen molar-refractivity contribution >= 4 is 68.6 Å². The Labute approximate surface area is 456 Å². The smallest absolute Gasteiger partial charge is 0.252 e. The molecule has 4 aliphatic rings. The first kappa shape index (κ1) is 50.1. The molecule has 8 aromatic rings. The number of hydrogen-bond donors (Lipinski definition) is 0. The highest BCUT2D eigenvalue weighted by Gasteiger charge is 2.58. The summed E-state index contributed by atoms with van der Waals surface area (Å²) in [5.74, 6) is 0. The van der Waals surface area contributed by atoms with Gasteiger partial charge in [0.2, 0.25) is 0 Å². The van der Waals surface area contributed by atoms with Gasteiger partial charge in [0.25, 0.3) is 6.71 Å². The van der Waals surface area contributed by atoms with E-state index in [0.29, 0.717) is 0 Å². The molecule has 1 saturated carbocycles. The summed E-state index contributed by atoms with van der Waals surface area (Å²) in [6, 6.07) is 66.5. The first-order chi connectivity index (χ1) is 36.0. The molecule has 4 heteroatoms. The van der Waals surface area contributed by atoms with Crippen molar-refractivity contribution in [1.82, 2.24) is 0 Å². The lowest BCUT2D eigenvalue weighted by Crippen LogP contribution is -2.61. The lowest BCUT2D eigenvalue weighted by Gasteiger charge is -2.50. The molecule has 0 N–H and O–H groups in total. The van der Waals surface area contributed by atoms with Crippen LogP contribution < -0.4 is 31.1 Å². The van der Waals surface area contributed by atoms with Crippen molar-refractivity contribution in [2.75, 3.05) is 14.7 Å². The lowest BCUT2D eigenvalue weighted by atomic mass is 9.33. The predicted molar refractivity (Wildman–Crippen MR) is 329 cm³/mol. The van der Waals surface area contributed by atoms with Crippen LogP contribution in [0.15, 0.2) is 170 Å². The zero-order valence-electron chi connectivity index (χ0n) is 47.9. The van der Waals surface area contributed by atoms with Gasteiger partial charge in [0.1, 0.15) is 0 Å². The molecule has 0 amide bonds. The largest absolute Gasteiger partial charge is 0.334 e. The fourth-order valence-corrected chi connectivity index (χ4v) is 13.7. The van der Waals surface area contributed by atoms with Gasteiger partial charge in [-0.05, 0) is 169 Å². The van der Waals surface area contributed by atoms with E-state index in [0.717, 1.165) is 6.42 Å². The standard InChI is InChI=1S/C72H78BN3/c1-67(2,3)50-29-26-47(27-30-50)49-28-38-61-57(42-49)71(13)40-20-21-41-72(71,14)76(61)55-36-37-59-63(46-55)74(54-34-31-51(32-35-54)68(4,5)6)64-44-53(70(10,11)12)45-65-66(64)73(59)58-24-18-19-25-62(58)75(65)60-39-33-52(69(7,8)9)43-56(60)48-22-16-15-17-23-48/h15-19,22-39,42-46H,20-21,40-41H2,1-14H3. The van der Waals surface area contributed by atoms with Gasteiger partial charge >= 0.3 is 0 Å². The van der Waals surface area contributed by atoms with Crippen LogP contribution in [0, 0.1) is 0 Å². The van der Waals surface area contributed by atoms with E-state index < -0.39 is 0 Å². The van der Waals surface area contributed by atoms with Crippen molar-refractivity contribution in [2.45, 2.75) is 155 Å². The second kappa shape index (κ2) is 17.4. The minimum atomic E-state index is -0.140. The SMILES string of the molecule is CC(C)(C)c1ccc(-c2ccc3c(c2)C2(C)CCCCC2(C)N3c2ccc3c(c2)N(c2ccc(C(C)(C)C)cc2)c2cc(C(C)(C)C)cc4c2B3c2ccccc2N4c2ccc(C(C)(C)C)cc2-c2ccccc2)cc1. The number of hydrogen-bond acceptors (Lipinski definition) is 3. The van der Waals surface area contributed by atoms with Crippen LogP contribution in [-0.4, -0.2) is 12.3 Å². The molecule has 0 bridgehead atoms. The summed E-state index contributed by atoms with van der Waals surface area (Å²) in [5.41, 5.74) is 25.7. The highest BCUT2D eigenvalue weighted by molar-refractivity contribution is 7.00. The summed E-state index contributed by atoms with van der Waals surface area (Å²) in [6.45, 7) is 33.1. The molecule has 0 spiro atoms. The normalized spacial score (nSPS) is 19.0. The second-order valence-electron chi connectivity index (χ2n) is 27.4. The Morgan fingerprint density at radius 3 is 1.58 bits per heavy atom. The van der Waals surface area contributed by atoms with Crippen LogP contribution in [0.1, 0.15) is 150 Å². The van der Waals surface area contributed by atoms with Crippen molar-refractivity contribution in [3.8, 4) is 22.3 Å². The highest BCUT2D eigenvalue weighted by Crippen LogP contribution is 2.62. The molecule has 0 radical (unpaired) electrons. The topological polar surface area (TPSA) is 9.72 Å². The van der Waals surface area contributed by atoms with Gasteiger partial charge < -0.3 is 14.7 Å². The van der Waals surface area contributed by atoms with Crippen molar-refractivity contribution in [1.29, 1.82) is 0 Å². The second-order valence-corrected chi connectivity index (χ2v) is 27.4. The van der Waals surface area contributed by atoms with Crippen molar-refractivity contribution in [2.24, 2.45) is 0 Å². The summed E-state index contributed by atoms with van der Waals surface area (Å²) < 4.78 is 0. The molecule has 3 aliphatic heterocycles. The molecule has 12 rings (SSSR count). The predicted octanol–water partition coefficient (Wildman–Crippen LogP) is 18.0. The Balaban J connectivity index is 1.10. The molecule has 0 saturated heterocycles. The lowest BCUT2D eigenvalue weighted by molar-refractivity contribution is 0.195. The minimum absolute atomic E-state index is 0.00303. The van der Waals surface area contributed by atoms with E-state index in [9.17, 15) is 0 Å². The number of benzene rings is 8. The minimum Gasteiger partial charge on any atom is -0.334 e. The summed E-state index contributed by atoms with van der Waals surface area (Å²) in [6.07, 6.45) is 4.77. The molecule has 2 atom stereocenters. The van der Waals surface area contributed by atoms with Crippen LogP contribution >= 0.6 is 0 Å². The third kappa shape index (κ3) is 7.90. The molecule has 76 heavy (non-hydrogen) atoms. The Bertz CT molecular complexity index is 3560. The number of fused-ring (bicyclic) bond motifs is 7. The summed E-state index contributed by atoms with van der Waals surface area (Å²) >= 11 is 0. The molecule has 3 nitrogen and oxygen atoms in total. The van der Waals surface area contributed by atoms with Gasteiger partial charge in [0, 0.05) is 50.8 Å². The van der Waals surface area contributed by atoms with E-state index in [2.05, 4.69) is 281 Å². The van der Waals surface area contributed by atoms with E-state index >= 15 is 0 Å². The molecule has 384 valence electrons. The maximum Gasteiger partial charge on any atom is 0.252 e. The Hall–Kier alpha value is -6.78. The summed E-state index contributed by atoms with van der Waals surface area (Å²) in [7, 11) is 0. The zero-order valence-corrected chi connectivity index (χ0v) is 47.9. The van der Waals surface area contributed by atoms with Gasteiger partial charge in [-0.15, -0.1) is 0 Å². The molecule has 3 heterocycles. The van der Waals surface area contributed by atoms with Crippen molar-refractivity contribution in [3.63, 3.8) is 0 Å². The maximum atomic E-state index is 2.78. The van der Waals surface area contributed by atoms with Crippen molar-refractivity contribution < 1.29 is 0 Å². The molecule has 2 unspecified atom stereocenters. The average molecular weight is 996 g/mol. The monoisotopic (exact) mass is 996 g/mol. The molecule has 0 aromatic heterocycles. The maximum absolute atomic E-state index is 2.78. The Morgan fingerprint density at radius 1 is 0.382 bits per heavy atom. The van der Waals surface area contributed by atoms with E-state index in [1.54, 1.807) is 0 Å². The number of anilines is 8. The van der Waals surface area contributed by atoms with Gasteiger partial charge in [-0.25, -0.2) is 0 Å². The first-order valence-electron chi connectivity index (χ1n) is 28.3. The number of nitrogens with zero attached hydrogens (tertiary/aromatic N) is 3. The van der Waals surface area contributed by atoms with E-state index in [-0.39, 0.29) is 39.3 Å². The van der Waals surface area contributed by atoms with Crippen molar-refractivity contribution in [3.05, 3.63) is 198 Å². The van der Waals surface area contributed by atoms with Gasteiger partial charge in [0.05, 0.1) is 11.2 Å². The van der Waals surface area contributed by atoms with Crippen LogP contribution in [0.3, 0.4) is 0 Å².